The number of aliphatic carboxylic acids is 1. The summed E-state index contributed by atoms with van der Waals surface area (Å²) in [7, 11) is 0. The van der Waals surface area contributed by atoms with Crippen LogP contribution in [0.3, 0.4) is 0 Å². The first-order valence-electron chi connectivity index (χ1n) is 5.00. The maximum atomic E-state index is 10.3. The number of thioether (sulfide) groups is 1. The zero-order chi connectivity index (χ0) is 12.7. The number of carboxylic acids is 1. The van der Waals surface area contributed by atoms with E-state index in [-0.39, 0.29) is 5.75 Å². The van der Waals surface area contributed by atoms with Crippen LogP contribution in [-0.2, 0) is 4.79 Å². The molecule has 0 aliphatic heterocycles. The molecule has 0 unspecified atom stereocenters. The monoisotopic (exact) mass is 271 g/mol. The smallest absolute Gasteiger partial charge is 0.313 e. The molecule has 1 aromatic rings. The van der Waals surface area contributed by atoms with Crippen LogP contribution >= 0.6 is 24.0 Å². The fourth-order valence-corrected chi connectivity index (χ4v) is 1.82. The Labute approximate surface area is 109 Å². The summed E-state index contributed by atoms with van der Waals surface area (Å²) in [6.07, 6.45) is 0. The maximum absolute atomic E-state index is 10.3. The molecule has 0 atom stereocenters. The van der Waals surface area contributed by atoms with E-state index in [1.807, 2.05) is 31.2 Å². The van der Waals surface area contributed by atoms with Gasteiger partial charge in [0.2, 0.25) is 0 Å². The van der Waals surface area contributed by atoms with Crippen LogP contribution in [0.15, 0.2) is 24.3 Å². The predicted molar refractivity (Wildman–Crippen MR) is 73.9 cm³/mol. The number of nitrogens with one attached hydrogen (secondary N) is 1. The Morgan fingerprint density at radius 2 is 2.12 bits per heavy atom. The molecule has 0 saturated heterocycles. The molecule has 1 aromatic carbocycles. The molecular weight excluding hydrogens is 258 g/mol. The van der Waals surface area contributed by atoms with Crippen molar-refractivity contribution in [3.63, 3.8) is 0 Å². The number of rotatable bonds is 5. The Bertz CT molecular complexity index is 392. The van der Waals surface area contributed by atoms with Crippen LogP contribution in [0.5, 0.6) is 5.75 Å². The summed E-state index contributed by atoms with van der Waals surface area (Å²) in [5, 5.41) is 11.4. The van der Waals surface area contributed by atoms with E-state index < -0.39 is 5.97 Å². The third kappa shape index (κ3) is 5.55. The van der Waals surface area contributed by atoms with Gasteiger partial charge in [-0.05, 0) is 31.2 Å². The van der Waals surface area contributed by atoms with Crippen molar-refractivity contribution >= 4 is 40.0 Å². The highest BCUT2D eigenvalue weighted by Crippen LogP contribution is 2.17. The van der Waals surface area contributed by atoms with Crippen LogP contribution in [0.2, 0.25) is 0 Å². The number of hydrogen-bond donors (Lipinski definition) is 2. The van der Waals surface area contributed by atoms with E-state index in [0.29, 0.717) is 10.9 Å². The van der Waals surface area contributed by atoms with Crippen molar-refractivity contribution in [3.8, 4) is 5.75 Å². The highest BCUT2D eigenvalue weighted by Gasteiger charge is 2.03. The van der Waals surface area contributed by atoms with Gasteiger partial charge in [0.15, 0.2) is 0 Å². The Morgan fingerprint density at radius 3 is 2.65 bits per heavy atom. The Hall–Kier alpha value is -1.27. The molecule has 0 aromatic heterocycles. The third-order valence-electron chi connectivity index (χ3n) is 1.74. The van der Waals surface area contributed by atoms with Gasteiger partial charge in [-0.3, -0.25) is 4.79 Å². The largest absolute Gasteiger partial charge is 0.494 e. The number of anilines is 1. The second kappa shape index (κ2) is 7.13. The molecule has 4 nitrogen and oxygen atoms in total. The van der Waals surface area contributed by atoms with Crippen LogP contribution in [-0.4, -0.2) is 27.8 Å². The van der Waals surface area contributed by atoms with Crippen molar-refractivity contribution < 1.29 is 14.6 Å². The molecule has 2 N–H and O–H groups in total. The lowest BCUT2D eigenvalue weighted by molar-refractivity contribution is -0.133. The third-order valence-corrected chi connectivity index (χ3v) is 2.95. The van der Waals surface area contributed by atoms with Crippen molar-refractivity contribution in [2.45, 2.75) is 6.92 Å². The number of ether oxygens (including phenoxy) is 1. The summed E-state index contributed by atoms with van der Waals surface area (Å²) in [5.41, 5.74) is 0.816. The van der Waals surface area contributed by atoms with E-state index in [2.05, 4.69) is 5.32 Å². The van der Waals surface area contributed by atoms with Gasteiger partial charge < -0.3 is 15.2 Å². The molecule has 0 aliphatic rings. The average molecular weight is 271 g/mol. The molecule has 17 heavy (non-hydrogen) atoms. The summed E-state index contributed by atoms with van der Waals surface area (Å²) in [4.78, 5) is 10.3. The maximum Gasteiger partial charge on any atom is 0.313 e. The van der Waals surface area contributed by atoms with Crippen LogP contribution < -0.4 is 10.1 Å². The summed E-state index contributed by atoms with van der Waals surface area (Å²) >= 11 is 6.08. The lowest BCUT2D eigenvalue weighted by Gasteiger charge is -2.07. The molecule has 1 rings (SSSR count). The van der Waals surface area contributed by atoms with E-state index in [0.717, 1.165) is 23.2 Å². The fraction of sp³-hybridized carbons (Fsp3) is 0.273. The van der Waals surface area contributed by atoms with Gasteiger partial charge in [-0.25, -0.2) is 0 Å². The van der Waals surface area contributed by atoms with Crippen molar-refractivity contribution in [1.82, 2.24) is 0 Å². The van der Waals surface area contributed by atoms with Gasteiger partial charge in [0.05, 0.1) is 12.4 Å². The molecule has 0 amide bonds. The molecule has 0 heterocycles. The van der Waals surface area contributed by atoms with Crippen LogP contribution in [0.1, 0.15) is 6.92 Å². The van der Waals surface area contributed by atoms with Crippen LogP contribution in [0.25, 0.3) is 0 Å². The van der Waals surface area contributed by atoms with Gasteiger partial charge in [0.25, 0.3) is 0 Å². The lowest BCUT2D eigenvalue weighted by atomic mass is 10.3. The molecule has 0 fully saturated rings. The normalized spacial score (nSPS) is 9.71. The van der Waals surface area contributed by atoms with Gasteiger partial charge in [-0.15, -0.1) is 0 Å². The standard InChI is InChI=1S/C11H13NO3S2/c1-2-15-9-5-3-8(4-6-9)12-11(16)17-7-10(13)14/h3-6H,2,7H2,1H3,(H,12,16)(H,13,14). The quantitative estimate of drug-likeness (QED) is 0.803. The minimum atomic E-state index is -0.883. The average Bonchev–Trinajstić information content (AvgIpc) is 2.29. The first kappa shape index (κ1) is 13.8. The highest BCUT2D eigenvalue weighted by molar-refractivity contribution is 8.23. The van der Waals surface area contributed by atoms with Crippen molar-refractivity contribution in [3.05, 3.63) is 24.3 Å². The number of thiocarbonyl (C=S) groups is 1. The first-order valence-corrected chi connectivity index (χ1v) is 6.39. The van der Waals surface area contributed by atoms with E-state index in [4.69, 9.17) is 22.1 Å². The zero-order valence-electron chi connectivity index (χ0n) is 9.30. The van der Waals surface area contributed by atoms with Crippen LogP contribution in [0.4, 0.5) is 5.69 Å². The van der Waals surface area contributed by atoms with E-state index in [1.165, 1.54) is 0 Å². The van der Waals surface area contributed by atoms with E-state index in [1.54, 1.807) is 0 Å². The molecule has 0 bridgehead atoms. The number of carbonyl (C=O) groups is 1. The van der Waals surface area contributed by atoms with Gasteiger partial charge in [-0.2, -0.15) is 0 Å². The van der Waals surface area contributed by atoms with Gasteiger partial charge in [-0.1, -0.05) is 24.0 Å². The second-order valence-corrected chi connectivity index (χ2v) is 4.70. The predicted octanol–water partition coefficient (Wildman–Crippen LogP) is 2.60. The molecular formula is C11H13NO3S2. The van der Waals surface area contributed by atoms with Crippen LogP contribution in [0, 0.1) is 0 Å². The molecule has 0 radical (unpaired) electrons. The number of benzene rings is 1. The molecule has 92 valence electrons. The van der Waals surface area contributed by atoms with Gasteiger partial charge in [0.1, 0.15) is 10.1 Å². The molecule has 0 aliphatic carbocycles. The Balaban J connectivity index is 2.45. The van der Waals surface area contributed by atoms with Gasteiger partial charge >= 0.3 is 5.97 Å². The number of hydrogen-bond acceptors (Lipinski definition) is 4. The summed E-state index contributed by atoms with van der Waals surface area (Å²) in [6.45, 7) is 2.55. The lowest BCUT2D eigenvalue weighted by Crippen LogP contribution is -2.08. The number of carboxylic acid groups (broad SMARTS) is 1. The summed E-state index contributed by atoms with van der Waals surface area (Å²) in [6, 6.07) is 7.32. The van der Waals surface area contributed by atoms with Gasteiger partial charge in [0, 0.05) is 5.69 Å². The molecule has 0 saturated carbocycles. The SMILES string of the molecule is CCOc1ccc(NC(=S)SCC(=O)O)cc1. The summed E-state index contributed by atoms with van der Waals surface area (Å²) < 4.78 is 5.74. The van der Waals surface area contributed by atoms with Crippen molar-refractivity contribution in [2.75, 3.05) is 17.7 Å². The highest BCUT2D eigenvalue weighted by atomic mass is 32.2. The van der Waals surface area contributed by atoms with E-state index >= 15 is 0 Å². The van der Waals surface area contributed by atoms with Crippen molar-refractivity contribution in [2.24, 2.45) is 0 Å². The molecule has 0 spiro atoms. The Morgan fingerprint density at radius 1 is 1.47 bits per heavy atom. The second-order valence-electron chi connectivity index (χ2n) is 3.05. The first-order chi connectivity index (χ1) is 8.11. The minimum absolute atomic E-state index is 0.0388. The Kier molecular flexibility index (Phi) is 5.79. The topological polar surface area (TPSA) is 58.6 Å². The fourth-order valence-electron chi connectivity index (χ4n) is 1.08. The van der Waals surface area contributed by atoms with E-state index in [9.17, 15) is 4.79 Å². The minimum Gasteiger partial charge on any atom is -0.494 e. The van der Waals surface area contributed by atoms with Crippen molar-refractivity contribution in [1.29, 1.82) is 0 Å². The zero-order valence-corrected chi connectivity index (χ0v) is 10.9. The summed E-state index contributed by atoms with van der Waals surface area (Å²) in [5.74, 6) is -0.129. The molecule has 6 heteroatoms.